The number of benzene rings is 1. The van der Waals surface area contributed by atoms with Crippen molar-refractivity contribution in [3.05, 3.63) is 66.3 Å². The van der Waals surface area contributed by atoms with Crippen LogP contribution in [0.5, 0.6) is 0 Å². The molecule has 0 saturated heterocycles. The highest BCUT2D eigenvalue weighted by Crippen LogP contribution is 2.49. The molecule has 1 aliphatic rings. The lowest BCUT2D eigenvalue weighted by atomic mass is 10.2. The van der Waals surface area contributed by atoms with Crippen LogP contribution in [0.1, 0.15) is 17.9 Å². The van der Waals surface area contributed by atoms with Crippen LogP contribution in [-0.2, 0) is 11.8 Å². The second-order valence-electron chi connectivity index (χ2n) is 6.51. The minimum atomic E-state index is 0.00299. The van der Waals surface area contributed by atoms with Crippen LogP contribution in [0.25, 0.3) is 11.3 Å². The van der Waals surface area contributed by atoms with E-state index in [4.69, 9.17) is 4.98 Å². The average Bonchev–Trinajstić information content (AvgIpc) is 3.09. The summed E-state index contributed by atoms with van der Waals surface area (Å²) in [6.45, 7) is 4.27. The SMILES string of the molecule is C=CCN(C(=O)C1CC1c1cnn(C)c1)c1nc(-c2ccccc2)cs1. The van der Waals surface area contributed by atoms with Crippen molar-refractivity contribution in [2.45, 2.75) is 12.3 Å². The third kappa shape index (κ3) is 3.20. The lowest BCUT2D eigenvalue weighted by molar-refractivity contribution is -0.119. The van der Waals surface area contributed by atoms with Crippen LogP contribution in [-0.4, -0.2) is 27.2 Å². The molecule has 132 valence electrons. The highest BCUT2D eigenvalue weighted by molar-refractivity contribution is 7.14. The zero-order chi connectivity index (χ0) is 18.1. The van der Waals surface area contributed by atoms with E-state index in [0.29, 0.717) is 6.54 Å². The van der Waals surface area contributed by atoms with Gasteiger partial charge in [0, 0.05) is 36.7 Å². The molecule has 2 heterocycles. The van der Waals surface area contributed by atoms with Gasteiger partial charge in [0.15, 0.2) is 5.13 Å². The first kappa shape index (κ1) is 16.7. The largest absolute Gasteiger partial charge is 0.284 e. The summed E-state index contributed by atoms with van der Waals surface area (Å²) >= 11 is 1.50. The summed E-state index contributed by atoms with van der Waals surface area (Å²) in [6, 6.07) is 10.0. The van der Waals surface area contributed by atoms with Gasteiger partial charge in [0.25, 0.3) is 0 Å². The molecule has 3 aromatic rings. The minimum Gasteiger partial charge on any atom is -0.284 e. The molecule has 2 aromatic heterocycles. The van der Waals surface area contributed by atoms with Crippen LogP contribution < -0.4 is 4.90 Å². The van der Waals surface area contributed by atoms with Crippen LogP contribution in [0, 0.1) is 5.92 Å². The van der Waals surface area contributed by atoms with E-state index in [2.05, 4.69) is 11.7 Å². The maximum atomic E-state index is 13.0. The zero-order valence-electron chi connectivity index (χ0n) is 14.6. The first-order valence-corrected chi connectivity index (χ1v) is 9.47. The fourth-order valence-corrected chi connectivity index (χ4v) is 4.04. The Morgan fingerprint density at radius 2 is 2.23 bits per heavy atom. The van der Waals surface area contributed by atoms with Gasteiger partial charge < -0.3 is 0 Å². The Balaban J connectivity index is 1.54. The Labute approximate surface area is 156 Å². The third-order valence-corrected chi connectivity index (χ3v) is 5.49. The first-order valence-electron chi connectivity index (χ1n) is 8.59. The summed E-state index contributed by atoms with van der Waals surface area (Å²) < 4.78 is 1.78. The van der Waals surface area contributed by atoms with E-state index in [9.17, 15) is 4.79 Å². The van der Waals surface area contributed by atoms with Crippen molar-refractivity contribution in [1.82, 2.24) is 14.8 Å². The van der Waals surface area contributed by atoms with Crippen molar-refractivity contribution < 1.29 is 4.79 Å². The quantitative estimate of drug-likeness (QED) is 0.624. The Hall–Kier alpha value is -2.73. The highest BCUT2D eigenvalue weighted by atomic mass is 32.1. The van der Waals surface area contributed by atoms with Gasteiger partial charge in [-0.2, -0.15) is 5.10 Å². The fourth-order valence-electron chi connectivity index (χ4n) is 3.19. The van der Waals surface area contributed by atoms with Crippen LogP contribution in [0.4, 0.5) is 5.13 Å². The van der Waals surface area contributed by atoms with E-state index >= 15 is 0 Å². The Kier molecular flexibility index (Phi) is 4.42. The topological polar surface area (TPSA) is 51.0 Å². The zero-order valence-corrected chi connectivity index (χ0v) is 15.4. The minimum absolute atomic E-state index is 0.00299. The molecule has 1 amide bonds. The normalized spacial score (nSPS) is 18.5. The van der Waals surface area contributed by atoms with Crippen LogP contribution in [0.3, 0.4) is 0 Å². The summed E-state index contributed by atoms with van der Waals surface area (Å²) in [5.74, 6) is 0.382. The molecule has 2 atom stereocenters. The number of carbonyl (C=O) groups excluding carboxylic acids is 1. The van der Waals surface area contributed by atoms with E-state index in [1.807, 2.05) is 55.2 Å². The second-order valence-corrected chi connectivity index (χ2v) is 7.35. The van der Waals surface area contributed by atoms with Crippen LogP contribution in [0.15, 0.2) is 60.8 Å². The molecular weight excluding hydrogens is 344 g/mol. The van der Waals surface area contributed by atoms with Crippen molar-refractivity contribution in [3.63, 3.8) is 0 Å². The molecule has 26 heavy (non-hydrogen) atoms. The fraction of sp³-hybridized carbons (Fsp3) is 0.250. The van der Waals surface area contributed by atoms with Crippen molar-refractivity contribution in [3.8, 4) is 11.3 Å². The molecule has 2 unspecified atom stereocenters. The van der Waals surface area contributed by atoms with Gasteiger partial charge in [-0.3, -0.25) is 14.4 Å². The van der Waals surface area contributed by atoms with Gasteiger partial charge in [-0.1, -0.05) is 36.4 Å². The molecule has 5 nitrogen and oxygen atoms in total. The standard InChI is InChI=1S/C20H20N4OS/c1-3-9-24(19(25)17-10-16(17)15-11-21-23(2)12-15)20-22-18(13-26-20)14-7-5-4-6-8-14/h3-8,11-13,16-17H,1,9-10H2,2H3. The van der Waals surface area contributed by atoms with Crippen LogP contribution >= 0.6 is 11.3 Å². The molecule has 6 heteroatoms. The van der Waals surface area contributed by atoms with E-state index in [1.54, 1.807) is 15.7 Å². The van der Waals surface area contributed by atoms with Gasteiger partial charge in [-0.25, -0.2) is 4.98 Å². The van der Waals surface area contributed by atoms with Crippen LogP contribution in [0.2, 0.25) is 0 Å². The summed E-state index contributed by atoms with van der Waals surface area (Å²) in [6.07, 6.45) is 6.47. The number of anilines is 1. The maximum Gasteiger partial charge on any atom is 0.232 e. The van der Waals surface area contributed by atoms with Crippen molar-refractivity contribution in [1.29, 1.82) is 0 Å². The van der Waals surface area contributed by atoms with E-state index in [1.165, 1.54) is 11.3 Å². The van der Waals surface area contributed by atoms with E-state index in [-0.39, 0.29) is 17.7 Å². The number of carbonyl (C=O) groups is 1. The molecule has 1 aliphatic carbocycles. The molecule has 0 aliphatic heterocycles. The lowest BCUT2D eigenvalue weighted by Crippen LogP contribution is -2.32. The number of aromatic nitrogens is 3. The number of rotatable bonds is 6. The van der Waals surface area contributed by atoms with Gasteiger partial charge in [-0.05, 0) is 17.9 Å². The van der Waals surface area contributed by atoms with Gasteiger partial charge in [0.05, 0.1) is 11.9 Å². The Morgan fingerprint density at radius 1 is 1.42 bits per heavy atom. The van der Waals surface area contributed by atoms with Crippen molar-refractivity contribution in [2.24, 2.45) is 13.0 Å². The second kappa shape index (κ2) is 6.88. The smallest absolute Gasteiger partial charge is 0.232 e. The average molecular weight is 364 g/mol. The molecule has 1 aromatic carbocycles. The number of nitrogens with zero attached hydrogens (tertiary/aromatic N) is 4. The summed E-state index contributed by atoms with van der Waals surface area (Å²) in [5.41, 5.74) is 3.08. The summed E-state index contributed by atoms with van der Waals surface area (Å²) in [5, 5.41) is 6.94. The molecule has 0 radical (unpaired) electrons. The molecule has 1 fully saturated rings. The number of thiazole rings is 1. The lowest BCUT2D eigenvalue weighted by Gasteiger charge is -2.18. The Morgan fingerprint density at radius 3 is 2.92 bits per heavy atom. The summed E-state index contributed by atoms with van der Waals surface area (Å²) in [7, 11) is 1.90. The maximum absolute atomic E-state index is 13.0. The predicted molar refractivity (Wildman–Crippen MR) is 104 cm³/mol. The monoisotopic (exact) mass is 364 g/mol. The van der Waals surface area contributed by atoms with Gasteiger partial charge in [0.1, 0.15) is 0 Å². The number of aryl methyl sites for hydroxylation is 1. The molecule has 0 bridgehead atoms. The number of hydrogen-bond donors (Lipinski definition) is 0. The van der Waals surface area contributed by atoms with Gasteiger partial charge >= 0.3 is 0 Å². The third-order valence-electron chi connectivity index (χ3n) is 4.63. The molecule has 1 saturated carbocycles. The van der Waals surface area contributed by atoms with Gasteiger partial charge in [-0.15, -0.1) is 17.9 Å². The molecular formula is C20H20N4OS. The van der Waals surface area contributed by atoms with E-state index in [0.717, 1.165) is 28.4 Å². The molecule has 0 spiro atoms. The number of amides is 1. The van der Waals surface area contributed by atoms with Crippen molar-refractivity contribution in [2.75, 3.05) is 11.4 Å². The first-order chi connectivity index (χ1) is 12.7. The van der Waals surface area contributed by atoms with Crippen molar-refractivity contribution >= 4 is 22.4 Å². The highest BCUT2D eigenvalue weighted by Gasteiger charge is 2.46. The van der Waals surface area contributed by atoms with Gasteiger partial charge in [0.2, 0.25) is 5.91 Å². The Bertz CT molecular complexity index is 930. The molecule has 4 rings (SSSR count). The number of hydrogen-bond acceptors (Lipinski definition) is 4. The summed E-state index contributed by atoms with van der Waals surface area (Å²) in [4.78, 5) is 19.5. The van der Waals surface area contributed by atoms with E-state index < -0.39 is 0 Å². The predicted octanol–water partition coefficient (Wildman–Crippen LogP) is 3.87. The molecule has 0 N–H and O–H groups in total.